The summed E-state index contributed by atoms with van der Waals surface area (Å²) in [5, 5.41) is 0. The highest BCUT2D eigenvalue weighted by Gasteiger charge is 2.01. The van der Waals surface area contributed by atoms with Gasteiger partial charge >= 0.3 is 0 Å². The summed E-state index contributed by atoms with van der Waals surface area (Å²) in [5.74, 6) is 0. The summed E-state index contributed by atoms with van der Waals surface area (Å²) < 4.78 is 0. The fourth-order valence-electron chi connectivity index (χ4n) is 1.68. The molecule has 0 unspecified atom stereocenters. The Labute approximate surface area is 86.6 Å². The highest BCUT2D eigenvalue weighted by molar-refractivity contribution is 5.58. The van der Waals surface area contributed by atoms with E-state index in [9.17, 15) is 0 Å². The van der Waals surface area contributed by atoms with E-state index in [4.69, 9.17) is 5.73 Å². The first-order valence-corrected chi connectivity index (χ1v) is 5.30. The molecule has 0 radical (unpaired) electrons. The second-order valence-corrected chi connectivity index (χ2v) is 3.34. The Morgan fingerprint density at radius 3 is 2.14 bits per heavy atom. The average molecular weight is 189 g/mol. The molecule has 0 amide bonds. The summed E-state index contributed by atoms with van der Waals surface area (Å²) in [6.07, 6.45) is 6.33. The lowest BCUT2D eigenvalue weighted by atomic mass is 9.97. The molecule has 0 aromatic heterocycles. The molecule has 0 bridgehead atoms. The Kier molecular flexibility index (Phi) is 4.41. The van der Waals surface area contributed by atoms with Crippen LogP contribution in [0.4, 0.5) is 0 Å². The van der Waals surface area contributed by atoms with Gasteiger partial charge in [0.25, 0.3) is 0 Å². The summed E-state index contributed by atoms with van der Waals surface area (Å²) in [5.41, 5.74) is 9.66. The topological polar surface area (TPSA) is 26.0 Å². The van der Waals surface area contributed by atoms with E-state index >= 15 is 0 Å². The van der Waals surface area contributed by atoms with E-state index in [1.54, 1.807) is 0 Å². The van der Waals surface area contributed by atoms with Gasteiger partial charge in [-0.05, 0) is 29.5 Å². The zero-order valence-corrected chi connectivity index (χ0v) is 9.09. The molecule has 0 spiro atoms. The van der Waals surface area contributed by atoms with Crippen molar-refractivity contribution in [3.8, 4) is 0 Å². The first-order chi connectivity index (χ1) is 6.83. The molecule has 1 rings (SSSR count). The van der Waals surface area contributed by atoms with Gasteiger partial charge in [0, 0.05) is 6.54 Å². The minimum atomic E-state index is 0.612. The maximum atomic E-state index is 5.47. The predicted molar refractivity (Wildman–Crippen MR) is 63.3 cm³/mol. The van der Waals surface area contributed by atoms with Crippen LogP contribution in [0.5, 0.6) is 0 Å². The van der Waals surface area contributed by atoms with E-state index in [1.807, 2.05) is 6.08 Å². The van der Waals surface area contributed by atoms with E-state index in [2.05, 4.69) is 38.1 Å². The molecule has 0 saturated carbocycles. The maximum Gasteiger partial charge on any atom is 0.0110 e. The van der Waals surface area contributed by atoms with Crippen LogP contribution in [0.25, 0.3) is 6.08 Å². The molecule has 14 heavy (non-hydrogen) atoms. The lowest BCUT2D eigenvalue weighted by molar-refractivity contribution is 1.07. The Balaban J connectivity index is 3.12. The Hall–Kier alpha value is -1.08. The maximum absolute atomic E-state index is 5.47. The van der Waals surface area contributed by atoms with Crippen molar-refractivity contribution in [1.29, 1.82) is 0 Å². The van der Waals surface area contributed by atoms with E-state index in [0.717, 1.165) is 12.8 Å². The molecule has 0 aliphatic rings. The van der Waals surface area contributed by atoms with E-state index in [1.165, 1.54) is 16.7 Å². The van der Waals surface area contributed by atoms with E-state index in [-0.39, 0.29) is 0 Å². The van der Waals surface area contributed by atoms with Crippen molar-refractivity contribution in [2.45, 2.75) is 26.7 Å². The van der Waals surface area contributed by atoms with Crippen molar-refractivity contribution in [1.82, 2.24) is 0 Å². The molecule has 0 aliphatic carbocycles. The molecular formula is C13H19N. The third-order valence-corrected chi connectivity index (χ3v) is 2.47. The summed E-state index contributed by atoms with van der Waals surface area (Å²) in [6.45, 7) is 4.99. The van der Waals surface area contributed by atoms with Gasteiger partial charge in [-0.15, -0.1) is 0 Å². The van der Waals surface area contributed by atoms with Crippen molar-refractivity contribution in [3.63, 3.8) is 0 Å². The first-order valence-electron chi connectivity index (χ1n) is 5.30. The van der Waals surface area contributed by atoms with Gasteiger partial charge in [0.15, 0.2) is 0 Å². The van der Waals surface area contributed by atoms with Gasteiger partial charge in [0.2, 0.25) is 0 Å². The number of nitrogens with two attached hydrogens (primary N) is 1. The lowest BCUT2D eigenvalue weighted by Crippen LogP contribution is -1.96. The van der Waals surface area contributed by atoms with E-state index in [0.29, 0.717) is 6.54 Å². The van der Waals surface area contributed by atoms with Crippen molar-refractivity contribution in [3.05, 3.63) is 41.0 Å². The summed E-state index contributed by atoms with van der Waals surface area (Å²) >= 11 is 0. The summed E-state index contributed by atoms with van der Waals surface area (Å²) in [6, 6.07) is 6.52. The second kappa shape index (κ2) is 5.61. The van der Waals surface area contributed by atoms with Gasteiger partial charge < -0.3 is 5.73 Å². The molecule has 0 heterocycles. The van der Waals surface area contributed by atoms with Crippen molar-refractivity contribution in [2.24, 2.45) is 5.73 Å². The van der Waals surface area contributed by atoms with Crippen molar-refractivity contribution >= 4 is 6.08 Å². The minimum absolute atomic E-state index is 0.612. The van der Waals surface area contributed by atoms with Gasteiger partial charge in [-0.3, -0.25) is 0 Å². The van der Waals surface area contributed by atoms with Crippen molar-refractivity contribution < 1.29 is 0 Å². The van der Waals surface area contributed by atoms with Gasteiger partial charge in [0.1, 0.15) is 0 Å². The summed E-state index contributed by atoms with van der Waals surface area (Å²) in [7, 11) is 0. The van der Waals surface area contributed by atoms with Gasteiger partial charge in [-0.1, -0.05) is 44.2 Å². The summed E-state index contributed by atoms with van der Waals surface area (Å²) in [4.78, 5) is 0. The lowest BCUT2D eigenvalue weighted by Gasteiger charge is -2.08. The Morgan fingerprint density at radius 2 is 1.71 bits per heavy atom. The number of hydrogen-bond donors (Lipinski definition) is 1. The molecule has 76 valence electrons. The van der Waals surface area contributed by atoms with Crippen LogP contribution in [0, 0.1) is 0 Å². The van der Waals surface area contributed by atoms with Gasteiger partial charge in [-0.25, -0.2) is 0 Å². The van der Waals surface area contributed by atoms with Crippen LogP contribution in [0.2, 0.25) is 0 Å². The molecular weight excluding hydrogens is 170 g/mol. The second-order valence-electron chi connectivity index (χ2n) is 3.34. The zero-order valence-electron chi connectivity index (χ0n) is 9.09. The van der Waals surface area contributed by atoms with Crippen LogP contribution in [-0.4, -0.2) is 6.54 Å². The van der Waals surface area contributed by atoms with Crippen LogP contribution in [-0.2, 0) is 12.8 Å². The standard InChI is InChI=1S/C13H19N/c1-3-11-7-5-8-12(4-2)13(11)9-6-10-14/h5-9H,3-4,10,14H2,1-2H3/b9-6+. The average Bonchev–Trinajstić information content (AvgIpc) is 2.25. The predicted octanol–water partition coefficient (Wildman–Crippen LogP) is 2.78. The third-order valence-electron chi connectivity index (χ3n) is 2.47. The third kappa shape index (κ3) is 2.46. The first kappa shape index (κ1) is 11.0. The number of benzene rings is 1. The van der Waals surface area contributed by atoms with Crippen LogP contribution in [0.1, 0.15) is 30.5 Å². The Morgan fingerprint density at radius 1 is 1.14 bits per heavy atom. The smallest absolute Gasteiger partial charge is 0.0110 e. The molecule has 0 saturated heterocycles. The molecule has 1 aromatic rings. The normalized spacial score (nSPS) is 11.1. The van der Waals surface area contributed by atoms with E-state index < -0.39 is 0 Å². The number of aryl methyl sites for hydroxylation is 2. The fraction of sp³-hybridized carbons (Fsp3) is 0.385. The van der Waals surface area contributed by atoms with Crippen LogP contribution >= 0.6 is 0 Å². The molecule has 1 heteroatoms. The van der Waals surface area contributed by atoms with Crippen molar-refractivity contribution in [2.75, 3.05) is 6.54 Å². The zero-order chi connectivity index (χ0) is 10.4. The molecule has 0 aliphatic heterocycles. The largest absolute Gasteiger partial charge is 0.327 e. The van der Waals surface area contributed by atoms with Crippen LogP contribution in [0.3, 0.4) is 0 Å². The number of hydrogen-bond acceptors (Lipinski definition) is 1. The molecule has 0 fully saturated rings. The Bertz CT molecular complexity index is 291. The highest BCUT2D eigenvalue weighted by Crippen LogP contribution is 2.17. The molecule has 0 atom stereocenters. The fourth-order valence-corrected chi connectivity index (χ4v) is 1.68. The quantitative estimate of drug-likeness (QED) is 0.774. The highest BCUT2D eigenvalue weighted by atomic mass is 14.5. The molecule has 2 N–H and O–H groups in total. The monoisotopic (exact) mass is 189 g/mol. The molecule has 1 aromatic carbocycles. The van der Waals surface area contributed by atoms with Gasteiger partial charge in [0.05, 0.1) is 0 Å². The number of rotatable bonds is 4. The minimum Gasteiger partial charge on any atom is -0.327 e. The SMILES string of the molecule is CCc1cccc(CC)c1/C=C/CN. The van der Waals surface area contributed by atoms with Gasteiger partial charge in [-0.2, -0.15) is 0 Å². The van der Waals surface area contributed by atoms with Crippen LogP contribution < -0.4 is 5.73 Å². The molecule has 1 nitrogen and oxygen atoms in total. The van der Waals surface area contributed by atoms with Crippen LogP contribution in [0.15, 0.2) is 24.3 Å².